The van der Waals surface area contributed by atoms with E-state index in [1.165, 1.54) is 26.1 Å². The maximum atomic E-state index is 2.23. The van der Waals surface area contributed by atoms with Crippen LogP contribution in [-0.4, -0.2) is 0 Å². The van der Waals surface area contributed by atoms with Crippen molar-refractivity contribution in [3.8, 4) is 0 Å². The highest BCUT2D eigenvalue weighted by Gasteiger charge is 2.11. The second kappa shape index (κ2) is 11.9. The fourth-order valence-corrected chi connectivity index (χ4v) is 3.09. The van der Waals surface area contributed by atoms with Gasteiger partial charge in [-0.2, -0.15) is 0 Å². The van der Waals surface area contributed by atoms with Gasteiger partial charge in [0.15, 0.2) is 0 Å². The lowest BCUT2D eigenvalue weighted by atomic mass is 9.87. The van der Waals surface area contributed by atoms with Gasteiger partial charge in [0.2, 0.25) is 0 Å². The van der Waals surface area contributed by atoms with Gasteiger partial charge in [0, 0.05) is 9.58 Å². The second-order valence-electron chi connectivity index (χ2n) is 6.51. The number of hydrogen-bond acceptors (Lipinski definition) is 1. The smallest absolute Gasteiger partial charge is 0.0345 e. The minimum Gasteiger partial charge on any atom is -0.141 e. The average molecular weight is 357 g/mol. The molecule has 0 N–H and O–H groups in total. The Kier molecular flexibility index (Phi) is 11.1. The summed E-state index contributed by atoms with van der Waals surface area (Å²) in [5, 5.41) is 1.37. The lowest BCUT2D eigenvalue weighted by Gasteiger charge is -2.18. The van der Waals surface area contributed by atoms with Crippen LogP contribution >= 0.6 is 11.3 Å². The number of rotatable bonds is 0. The Morgan fingerprint density at radius 3 is 1.72 bits per heavy atom. The normalized spacial score (nSPS) is 9.80. The number of thiophene rings is 1. The van der Waals surface area contributed by atoms with E-state index in [4.69, 9.17) is 0 Å². The Hall–Kier alpha value is -1.60. The summed E-state index contributed by atoms with van der Waals surface area (Å²) >= 11 is 1.85. The Labute approximate surface area is 159 Å². The summed E-state index contributed by atoms with van der Waals surface area (Å²) in [6.07, 6.45) is 0. The van der Waals surface area contributed by atoms with E-state index in [9.17, 15) is 0 Å². The van der Waals surface area contributed by atoms with Crippen molar-refractivity contribution in [1.29, 1.82) is 0 Å². The zero-order valence-corrected chi connectivity index (χ0v) is 18.4. The number of benzene rings is 2. The summed E-state index contributed by atoms with van der Waals surface area (Å²) in [5.41, 5.74) is 3.02. The van der Waals surface area contributed by atoms with Crippen molar-refractivity contribution in [2.75, 3.05) is 0 Å². The second-order valence-corrected chi connectivity index (χ2v) is 7.80. The molecule has 3 rings (SSSR count). The van der Waals surface area contributed by atoms with Gasteiger partial charge < -0.3 is 0 Å². The van der Waals surface area contributed by atoms with E-state index in [-0.39, 0.29) is 5.41 Å². The topological polar surface area (TPSA) is 0 Å². The number of fused-ring (bicyclic) bond motifs is 1. The fraction of sp³-hybridized carbons (Fsp3) is 0.417. The first-order chi connectivity index (χ1) is 11.9. The third-order valence-corrected chi connectivity index (χ3v) is 4.50. The zero-order valence-electron chi connectivity index (χ0n) is 17.6. The van der Waals surface area contributed by atoms with Crippen LogP contribution in [0.3, 0.4) is 0 Å². The van der Waals surface area contributed by atoms with Crippen LogP contribution in [0.25, 0.3) is 10.1 Å². The van der Waals surface area contributed by atoms with Crippen molar-refractivity contribution in [3.63, 3.8) is 0 Å². The molecule has 0 amide bonds. The van der Waals surface area contributed by atoms with Crippen LogP contribution in [0.5, 0.6) is 0 Å². The first-order valence-electron chi connectivity index (χ1n) is 9.38. The molecule has 0 saturated carbocycles. The van der Waals surface area contributed by atoms with Crippen LogP contribution in [-0.2, 0) is 5.41 Å². The largest absolute Gasteiger partial charge is 0.141 e. The summed E-state index contributed by atoms with van der Waals surface area (Å²) in [6, 6.07) is 19.4. The van der Waals surface area contributed by atoms with E-state index in [1.807, 2.05) is 39.0 Å². The van der Waals surface area contributed by atoms with Crippen LogP contribution in [0.4, 0.5) is 0 Å². The highest BCUT2D eigenvalue weighted by atomic mass is 32.1. The van der Waals surface area contributed by atoms with E-state index in [0.29, 0.717) is 0 Å². The van der Waals surface area contributed by atoms with Crippen LogP contribution in [0.2, 0.25) is 0 Å². The molecule has 0 radical (unpaired) electrons. The molecular weight excluding hydrogens is 320 g/mol. The lowest BCUT2D eigenvalue weighted by molar-refractivity contribution is 0.590. The monoisotopic (exact) mass is 356 g/mol. The molecule has 0 spiro atoms. The number of hydrogen-bond donors (Lipinski definition) is 0. The Morgan fingerprint density at radius 2 is 1.24 bits per heavy atom. The summed E-state index contributed by atoms with van der Waals surface area (Å²) in [4.78, 5) is 1.39. The van der Waals surface area contributed by atoms with Gasteiger partial charge in [0.25, 0.3) is 0 Å². The third kappa shape index (κ3) is 8.36. The fourth-order valence-electron chi connectivity index (χ4n) is 2.17. The van der Waals surface area contributed by atoms with Crippen LogP contribution in [0.15, 0.2) is 54.6 Å². The predicted octanol–water partition coefficient (Wildman–Crippen LogP) is 8.55. The first-order valence-corrected chi connectivity index (χ1v) is 10.2. The molecule has 0 aliphatic heterocycles. The van der Waals surface area contributed by atoms with Crippen molar-refractivity contribution in [1.82, 2.24) is 0 Å². The van der Waals surface area contributed by atoms with Crippen molar-refractivity contribution < 1.29 is 0 Å². The van der Waals surface area contributed by atoms with Gasteiger partial charge in [-0.15, -0.1) is 11.3 Å². The first kappa shape index (κ1) is 23.4. The maximum Gasteiger partial charge on any atom is 0.0345 e. The summed E-state index contributed by atoms with van der Waals surface area (Å²) in [6.45, 7) is 19.0. The predicted molar refractivity (Wildman–Crippen MR) is 119 cm³/mol. The number of aryl methyl sites for hydroxylation is 2. The summed E-state index contributed by atoms with van der Waals surface area (Å²) < 4.78 is 1.39. The third-order valence-electron chi connectivity index (χ3n) is 3.47. The van der Waals surface area contributed by atoms with E-state index in [2.05, 4.69) is 89.2 Å². The minimum absolute atomic E-state index is 0.285. The van der Waals surface area contributed by atoms with E-state index >= 15 is 0 Å². The van der Waals surface area contributed by atoms with Crippen molar-refractivity contribution in [2.24, 2.45) is 0 Å². The van der Waals surface area contributed by atoms with E-state index in [1.54, 1.807) is 0 Å². The van der Waals surface area contributed by atoms with E-state index < -0.39 is 0 Å². The van der Waals surface area contributed by atoms with Crippen molar-refractivity contribution >= 4 is 21.4 Å². The van der Waals surface area contributed by atoms with Gasteiger partial charge in [0.1, 0.15) is 0 Å². The molecule has 0 atom stereocenters. The maximum absolute atomic E-state index is 2.23. The van der Waals surface area contributed by atoms with Gasteiger partial charge in [-0.1, -0.05) is 96.5 Å². The molecule has 0 bridgehead atoms. The van der Waals surface area contributed by atoms with Gasteiger partial charge in [0.05, 0.1) is 0 Å². The minimum atomic E-state index is 0.285. The highest BCUT2D eigenvalue weighted by molar-refractivity contribution is 7.19. The van der Waals surface area contributed by atoms with Crippen LogP contribution in [0.1, 0.15) is 64.5 Å². The molecular formula is C24H36S. The average Bonchev–Trinajstić information content (AvgIpc) is 2.99. The summed E-state index contributed by atoms with van der Waals surface area (Å²) in [5.74, 6) is 0. The molecule has 0 aliphatic rings. The molecule has 138 valence electrons. The molecule has 2 aromatic carbocycles. The molecule has 0 aliphatic carbocycles. The molecule has 0 saturated heterocycles. The highest BCUT2D eigenvalue weighted by Crippen LogP contribution is 2.24. The van der Waals surface area contributed by atoms with Crippen molar-refractivity contribution in [3.05, 3.63) is 70.6 Å². The Bertz CT molecular complexity index is 664. The quantitative estimate of drug-likeness (QED) is 0.378. The van der Waals surface area contributed by atoms with Crippen molar-refractivity contribution in [2.45, 2.75) is 67.7 Å². The van der Waals surface area contributed by atoms with E-state index in [0.717, 1.165) is 0 Å². The lowest BCUT2D eigenvalue weighted by Crippen LogP contribution is -2.10. The molecule has 1 heteroatoms. The summed E-state index contributed by atoms with van der Waals surface area (Å²) in [7, 11) is 0. The molecule has 0 fully saturated rings. The standard InChI is InChI=1S/C11H16.C9H8S.2C2H6/c1-9-5-7-10(8-6-9)11(2,3)4;1-7-6-8-4-2-3-5-9(8)10-7;2*1-2/h5-8H,1-4H3;2-6H,1H3;2*1-2H3. The van der Waals surface area contributed by atoms with Crippen LogP contribution < -0.4 is 0 Å². The zero-order chi connectivity index (χ0) is 19.5. The molecule has 0 unspecified atom stereocenters. The van der Waals surface area contributed by atoms with Crippen LogP contribution in [0, 0.1) is 13.8 Å². The van der Waals surface area contributed by atoms with Gasteiger partial charge >= 0.3 is 0 Å². The molecule has 3 aromatic rings. The molecule has 1 heterocycles. The SMILES string of the molecule is CC.CC.Cc1cc2ccccc2s1.Cc1ccc(C(C)(C)C)cc1. The molecule has 25 heavy (non-hydrogen) atoms. The Morgan fingerprint density at radius 1 is 0.720 bits per heavy atom. The van der Waals surface area contributed by atoms with Gasteiger partial charge in [-0.25, -0.2) is 0 Å². The molecule has 1 aromatic heterocycles. The van der Waals surface area contributed by atoms with Gasteiger partial charge in [-0.3, -0.25) is 0 Å². The Balaban J connectivity index is 0.000000385. The van der Waals surface area contributed by atoms with Gasteiger partial charge in [-0.05, 0) is 42.3 Å². The molecule has 0 nitrogen and oxygen atoms in total.